The van der Waals surface area contributed by atoms with E-state index in [-0.39, 0.29) is 0 Å². The number of rotatable bonds is 4. The second-order valence-electron chi connectivity index (χ2n) is 2.74. The van der Waals surface area contributed by atoms with Crippen LogP contribution < -0.4 is 5.73 Å². The minimum atomic E-state index is 0.597. The van der Waals surface area contributed by atoms with E-state index in [2.05, 4.69) is 24.6 Å². The Balaban J connectivity index is 2.94. The fourth-order valence-electron chi connectivity index (χ4n) is 1.02. The van der Waals surface area contributed by atoms with E-state index < -0.39 is 0 Å². The quantitative estimate of drug-likeness (QED) is 0.768. The number of allylic oxidation sites excluding steroid dienone is 5. The van der Waals surface area contributed by atoms with Crippen LogP contribution in [0.5, 0.6) is 0 Å². The third kappa shape index (κ3) is 2.85. The summed E-state index contributed by atoms with van der Waals surface area (Å²) >= 11 is 1.45. The average molecular weight is 206 g/mol. The van der Waals surface area contributed by atoms with Gasteiger partial charge in [-0.15, -0.1) is 11.3 Å². The van der Waals surface area contributed by atoms with Crippen molar-refractivity contribution >= 4 is 22.0 Å². The Bertz CT molecular complexity index is 361. The highest BCUT2D eigenvalue weighted by molar-refractivity contribution is 7.13. The molecule has 2 nitrogen and oxygen atoms in total. The molecule has 3 heteroatoms. The van der Waals surface area contributed by atoms with Crippen LogP contribution in [-0.4, -0.2) is 4.98 Å². The zero-order valence-electron chi connectivity index (χ0n) is 8.23. The van der Waals surface area contributed by atoms with Gasteiger partial charge in [0.15, 0.2) is 5.13 Å². The largest absolute Gasteiger partial charge is 0.375 e. The number of nitrogens with two attached hydrogens (primary N) is 1. The van der Waals surface area contributed by atoms with Crippen molar-refractivity contribution in [1.82, 2.24) is 4.98 Å². The van der Waals surface area contributed by atoms with Crippen molar-refractivity contribution in [2.45, 2.75) is 13.3 Å². The van der Waals surface area contributed by atoms with E-state index in [9.17, 15) is 0 Å². The van der Waals surface area contributed by atoms with Crippen molar-refractivity contribution in [3.8, 4) is 0 Å². The molecule has 1 aromatic rings. The minimum absolute atomic E-state index is 0.597. The standard InChI is InChI=1S/C11H14N2S/c1-3-5-7-9(6-4-2)10-8-14-11(12)13-10/h4-8H,2-3H2,1H3,(H2,12,13). The number of hydrogen-bond acceptors (Lipinski definition) is 3. The van der Waals surface area contributed by atoms with Gasteiger partial charge in [-0.2, -0.15) is 0 Å². The molecule has 1 rings (SSSR count). The van der Waals surface area contributed by atoms with E-state index in [1.807, 2.05) is 17.5 Å². The first-order valence-electron chi connectivity index (χ1n) is 4.48. The molecule has 74 valence electrons. The van der Waals surface area contributed by atoms with Crippen molar-refractivity contribution in [1.29, 1.82) is 0 Å². The summed E-state index contributed by atoms with van der Waals surface area (Å²) in [5.41, 5.74) is 7.54. The molecule has 2 N–H and O–H groups in total. The Hall–Kier alpha value is -1.35. The van der Waals surface area contributed by atoms with E-state index in [1.54, 1.807) is 6.08 Å². The molecule has 1 aromatic heterocycles. The first-order chi connectivity index (χ1) is 6.77. The lowest BCUT2D eigenvalue weighted by Gasteiger charge is -1.94. The molecule has 0 spiro atoms. The molecule has 0 aliphatic carbocycles. The van der Waals surface area contributed by atoms with Crippen LogP contribution in [0.15, 0.2) is 36.3 Å². The maximum atomic E-state index is 5.57. The molecule has 0 fully saturated rings. The van der Waals surface area contributed by atoms with Crippen LogP contribution >= 0.6 is 11.3 Å². The summed E-state index contributed by atoms with van der Waals surface area (Å²) in [5, 5.41) is 2.55. The lowest BCUT2D eigenvalue weighted by molar-refractivity contribution is 1.22. The molecular formula is C11H14N2S. The minimum Gasteiger partial charge on any atom is -0.375 e. The van der Waals surface area contributed by atoms with Gasteiger partial charge in [-0.1, -0.05) is 37.8 Å². The highest BCUT2D eigenvalue weighted by atomic mass is 32.1. The molecule has 0 atom stereocenters. The van der Waals surface area contributed by atoms with Gasteiger partial charge in [0, 0.05) is 11.0 Å². The van der Waals surface area contributed by atoms with Crippen LogP contribution in [0.4, 0.5) is 5.13 Å². The van der Waals surface area contributed by atoms with E-state index in [1.165, 1.54) is 11.3 Å². The Morgan fingerprint density at radius 3 is 3.00 bits per heavy atom. The molecule has 0 saturated carbocycles. The molecule has 0 aliphatic heterocycles. The van der Waals surface area contributed by atoms with Gasteiger partial charge in [0.05, 0.1) is 5.69 Å². The molecule has 0 bridgehead atoms. The summed E-state index contributed by atoms with van der Waals surface area (Å²) in [7, 11) is 0. The lowest BCUT2D eigenvalue weighted by atomic mass is 10.1. The van der Waals surface area contributed by atoms with Crippen LogP contribution in [0.25, 0.3) is 5.57 Å². The molecule has 0 aromatic carbocycles. The Labute approximate surface area is 88.5 Å². The monoisotopic (exact) mass is 206 g/mol. The Kier molecular flexibility index (Phi) is 4.13. The molecule has 1 heterocycles. The molecule has 0 amide bonds. The third-order valence-electron chi connectivity index (χ3n) is 1.65. The summed E-state index contributed by atoms with van der Waals surface area (Å²) in [6, 6.07) is 0. The highest BCUT2D eigenvalue weighted by Crippen LogP contribution is 2.20. The summed E-state index contributed by atoms with van der Waals surface area (Å²) in [4.78, 5) is 4.21. The summed E-state index contributed by atoms with van der Waals surface area (Å²) in [6.45, 7) is 5.77. The van der Waals surface area contributed by atoms with Crippen molar-refractivity contribution in [2.24, 2.45) is 0 Å². The van der Waals surface area contributed by atoms with Crippen LogP contribution in [0, 0.1) is 0 Å². The van der Waals surface area contributed by atoms with Crippen molar-refractivity contribution < 1.29 is 0 Å². The molecule has 0 unspecified atom stereocenters. The molecule has 14 heavy (non-hydrogen) atoms. The predicted octanol–water partition coefficient (Wildman–Crippen LogP) is 3.26. The number of aromatic nitrogens is 1. The zero-order valence-corrected chi connectivity index (χ0v) is 9.05. The van der Waals surface area contributed by atoms with Gasteiger partial charge in [0.25, 0.3) is 0 Å². The second kappa shape index (κ2) is 5.40. The van der Waals surface area contributed by atoms with Crippen molar-refractivity contribution in [3.05, 3.63) is 42.0 Å². The maximum Gasteiger partial charge on any atom is 0.180 e. The van der Waals surface area contributed by atoms with Gasteiger partial charge in [-0.3, -0.25) is 0 Å². The Morgan fingerprint density at radius 2 is 2.50 bits per heavy atom. The number of nitrogens with zero attached hydrogens (tertiary/aromatic N) is 1. The SMILES string of the molecule is C=CC=C(C=CCC)c1csc(N)n1. The molecule has 0 aliphatic rings. The fraction of sp³-hybridized carbons (Fsp3) is 0.182. The van der Waals surface area contributed by atoms with Crippen molar-refractivity contribution in [3.63, 3.8) is 0 Å². The van der Waals surface area contributed by atoms with E-state index >= 15 is 0 Å². The number of thiazole rings is 1. The normalized spacial score (nSPS) is 12.2. The summed E-state index contributed by atoms with van der Waals surface area (Å²) < 4.78 is 0. The van der Waals surface area contributed by atoms with E-state index in [0.29, 0.717) is 5.13 Å². The average Bonchev–Trinajstić information content (AvgIpc) is 2.59. The van der Waals surface area contributed by atoms with Gasteiger partial charge >= 0.3 is 0 Å². The van der Waals surface area contributed by atoms with Crippen LogP contribution in [0.2, 0.25) is 0 Å². The van der Waals surface area contributed by atoms with E-state index in [0.717, 1.165) is 17.7 Å². The topological polar surface area (TPSA) is 38.9 Å². The first-order valence-corrected chi connectivity index (χ1v) is 5.36. The fourth-order valence-corrected chi connectivity index (χ4v) is 1.59. The number of nitrogen functional groups attached to an aromatic ring is 1. The van der Waals surface area contributed by atoms with Crippen LogP contribution in [0.1, 0.15) is 19.0 Å². The van der Waals surface area contributed by atoms with Gasteiger partial charge < -0.3 is 5.73 Å². The van der Waals surface area contributed by atoms with Crippen LogP contribution in [-0.2, 0) is 0 Å². The number of anilines is 1. The summed E-state index contributed by atoms with van der Waals surface area (Å²) in [5.74, 6) is 0. The van der Waals surface area contributed by atoms with E-state index in [4.69, 9.17) is 5.73 Å². The van der Waals surface area contributed by atoms with Gasteiger partial charge in [-0.05, 0) is 6.42 Å². The highest BCUT2D eigenvalue weighted by Gasteiger charge is 2.01. The third-order valence-corrected chi connectivity index (χ3v) is 2.32. The number of hydrogen-bond donors (Lipinski definition) is 1. The smallest absolute Gasteiger partial charge is 0.180 e. The molecular weight excluding hydrogens is 192 g/mol. The van der Waals surface area contributed by atoms with Gasteiger partial charge in [0.1, 0.15) is 0 Å². The van der Waals surface area contributed by atoms with Gasteiger partial charge in [0.2, 0.25) is 0 Å². The second-order valence-corrected chi connectivity index (χ2v) is 3.63. The molecule has 0 radical (unpaired) electrons. The lowest BCUT2D eigenvalue weighted by Crippen LogP contribution is -1.85. The maximum absolute atomic E-state index is 5.57. The first kappa shape index (κ1) is 10.7. The molecule has 0 saturated heterocycles. The van der Waals surface area contributed by atoms with Crippen molar-refractivity contribution in [2.75, 3.05) is 5.73 Å². The summed E-state index contributed by atoms with van der Waals surface area (Å²) in [6.07, 6.45) is 8.82. The van der Waals surface area contributed by atoms with Crippen LogP contribution in [0.3, 0.4) is 0 Å². The Morgan fingerprint density at radius 1 is 1.71 bits per heavy atom. The predicted molar refractivity (Wildman–Crippen MR) is 64.1 cm³/mol. The van der Waals surface area contributed by atoms with Gasteiger partial charge in [-0.25, -0.2) is 4.98 Å². The zero-order chi connectivity index (χ0) is 10.4.